The molecule has 0 aliphatic rings. The number of carbonyl (C=O) groups excluding carboxylic acids is 1. The predicted molar refractivity (Wildman–Crippen MR) is 76.5 cm³/mol. The van der Waals surface area contributed by atoms with Gasteiger partial charge < -0.3 is 4.90 Å². The summed E-state index contributed by atoms with van der Waals surface area (Å²) in [5.41, 5.74) is 1.62. The number of likely N-dealkylation sites (N-methyl/N-ethyl adjacent to an activating group) is 1. The van der Waals surface area contributed by atoms with Crippen LogP contribution in [0, 0.1) is 0 Å². The molecule has 6 heteroatoms. The summed E-state index contributed by atoms with van der Waals surface area (Å²) in [5, 5.41) is 8.42. The second kappa shape index (κ2) is 5.90. The summed E-state index contributed by atoms with van der Waals surface area (Å²) in [5.74, 6) is -0.0479. The third kappa shape index (κ3) is 3.26. The number of amides is 1. The van der Waals surface area contributed by atoms with Crippen molar-refractivity contribution in [1.82, 2.24) is 24.5 Å². The lowest BCUT2D eigenvalue weighted by atomic mass is 10.2. The summed E-state index contributed by atoms with van der Waals surface area (Å²) >= 11 is 0. The van der Waals surface area contributed by atoms with Crippen LogP contribution >= 0.6 is 0 Å². The van der Waals surface area contributed by atoms with Crippen molar-refractivity contribution in [3.63, 3.8) is 0 Å². The van der Waals surface area contributed by atoms with E-state index in [1.807, 2.05) is 39.5 Å². The minimum absolute atomic E-state index is 0.0479. The van der Waals surface area contributed by atoms with Crippen LogP contribution in [0.3, 0.4) is 0 Å². The number of nitrogens with zero attached hydrogens (tertiary/aromatic N) is 5. The number of rotatable bonds is 5. The van der Waals surface area contributed by atoms with E-state index in [1.54, 1.807) is 27.4 Å². The molecule has 20 heavy (non-hydrogen) atoms. The molecule has 2 aromatic rings. The minimum atomic E-state index is -0.0479. The molecule has 0 saturated heterocycles. The second-order valence-corrected chi connectivity index (χ2v) is 5.27. The molecular formula is C14H21N5O. The molecule has 2 rings (SSSR count). The summed E-state index contributed by atoms with van der Waals surface area (Å²) in [6.45, 7) is 4.72. The SMILES string of the molecule is CC(C)n1ccc(C(=O)N(C)CCc2cnn(C)c2)n1. The van der Waals surface area contributed by atoms with E-state index in [-0.39, 0.29) is 11.9 Å². The molecule has 0 fully saturated rings. The van der Waals surface area contributed by atoms with Crippen molar-refractivity contribution in [2.75, 3.05) is 13.6 Å². The summed E-state index contributed by atoms with van der Waals surface area (Å²) in [4.78, 5) is 13.9. The van der Waals surface area contributed by atoms with Gasteiger partial charge in [-0.15, -0.1) is 0 Å². The van der Waals surface area contributed by atoms with Gasteiger partial charge in [-0.05, 0) is 31.9 Å². The highest BCUT2D eigenvalue weighted by atomic mass is 16.2. The molecule has 0 bridgehead atoms. The number of aromatic nitrogens is 4. The van der Waals surface area contributed by atoms with E-state index >= 15 is 0 Å². The van der Waals surface area contributed by atoms with Gasteiger partial charge in [-0.1, -0.05) is 0 Å². The van der Waals surface area contributed by atoms with Crippen molar-refractivity contribution in [3.8, 4) is 0 Å². The van der Waals surface area contributed by atoms with Crippen LogP contribution in [0.2, 0.25) is 0 Å². The van der Waals surface area contributed by atoms with Crippen LogP contribution in [0.1, 0.15) is 35.9 Å². The normalized spacial score (nSPS) is 11.1. The number of aryl methyl sites for hydroxylation is 1. The number of hydrogen-bond acceptors (Lipinski definition) is 3. The van der Waals surface area contributed by atoms with Crippen LogP contribution < -0.4 is 0 Å². The van der Waals surface area contributed by atoms with Crippen molar-refractivity contribution in [2.45, 2.75) is 26.3 Å². The summed E-state index contributed by atoms with van der Waals surface area (Å²) in [6.07, 6.45) is 6.42. The fourth-order valence-corrected chi connectivity index (χ4v) is 1.93. The van der Waals surface area contributed by atoms with Crippen molar-refractivity contribution < 1.29 is 4.79 Å². The third-order valence-corrected chi connectivity index (χ3v) is 3.20. The molecule has 2 heterocycles. The molecule has 0 spiro atoms. The quantitative estimate of drug-likeness (QED) is 0.831. The Labute approximate surface area is 119 Å². The summed E-state index contributed by atoms with van der Waals surface area (Å²) < 4.78 is 3.56. The minimum Gasteiger partial charge on any atom is -0.340 e. The molecule has 6 nitrogen and oxygen atoms in total. The Morgan fingerprint density at radius 3 is 2.75 bits per heavy atom. The first-order valence-corrected chi connectivity index (χ1v) is 6.75. The van der Waals surface area contributed by atoms with E-state index in [0.29, 0.717) is 12.2 Å². The highest BCUT2D eigenvalue weighted by Crippen LogP contribution is 2.07. The Bertz CT molecular complexity index is 584. The van der Waals surface area contributed by atoms with Crippen LogP contribution in [-0.4, -0.2) is 44.0 Å². The zero-order valence-corrected chi connectivity index (χ0v) is 12.4. The van der Waals surface area contributed by atoms with Crippen LogP contribution in [0.15, 0.2) is 24.7 Å². The van der Waals surface area contributed by atoms with Gasteiger partial charge in [0.1, 0.15) is 5.69 Å². The number of carbonyl (C=O) groups is 1. The van der Waals surface area contributed by atoms with Crippen molar-refractivity contribution >= 4 is 5.91 Å². The first-order valence-electron chi connectivity index (χ1n) is 6.75. The van der Waals surface area contributed by atoms with E-state index in [4.69, 9.17) is 0 Å². The van der Waals surface area contributed by atoms with Crippen molar-refractivity contribution in [3.05, 3.63) is 35.9 Å². The standard InChI is InChI=1S/C14H21N5O/c1-11(2)19-8-6-13(16-19)14(20)17(3)7-5-12-9-15-18(4)10-12/h6,8-11H,5,7H2,1-4H3. The molecule has 1 amide bonds. The first-order chi connectivity index (χ1) is 9.47. The first kappa shape index (κ1) is 14.3. The van der Waals surface area contributed by atoms with Gasteiger partial charge in [0.15, 0.2) is 0 Å². The molecule has 0 unspecified atom stereocenters. The van der Waals surface area contributed by atoms with Gasteiger partial charge >= 0.3 is 0 Å². The third-order valence-electron chi connectivity index (χ3n) is 3.20. The summed E-state index contributed by atoms with van der Waals surface area (Å²) in [7, 11) is 3.68. The zero-order chi connectivity index (χ0) is 14.7. The maximum absolute atomic E-state index is 12.2. The largest absolute Gasteiger partial charge is 0.340 e. The maximum atomic E-state index is 12.2. The van der Waals surface area contributed by atoms with E-state index < -0.39 is 0 Å². The Hall–Kier alpha value is -2.11. The fraction of sp³-hybridized carbons (Fsp3) is 0.500. The van der Waals surface area contributed by atoms with Gasteiger partial charge in [0.25, 0.3) is 5.91 Å². The van der Waals surface area contributed by atoms with Gasteiger partial charge in [-0.3, -0.25) is 14.2 Å². The second-order valence-electron chi connectivity index (χ2n) is 5.27. The van der Waals surface area contributed by atoms with Crippen LogP contribution in [-0.2, 0) is 13.5 Å². The molecule has 0 radical (unpaired) electrons. The topological polar surface area (TPSA) is 56.0 Å². The smallest absolute Gasteiger partial charge is 0.274 e. The van der Waals surface area contributed by atoms with Gasteiger partial charge in [0.05, 0.1) is 6.20 Å². The molecule has 0 N–H and O–H groups in total. The molecule has 108 valence electrons. The molecule has 0 aliphatic carbocycles. The van der Waals surface area contributed by atoms with E-state index in [9.17, 15) is 4.79 Å². The molecule has 0 aliphatic heterocycles. The Kier molecular flexibility index (Phi) is 4.22. The maximum Gasteiger partial charge on any atom is 0.274 e. The molecular weight excluding hydrogens is 254 g/mol. The number of hydrogen-bond donors (Lipinski definition) is 0. The van der Waals surface area contributed by atoms with E-state index in [0.717, 1.165) is 12.0 Å². The van der Waals surface area contributed by atoms with Crippen molar-refractivity contribution in [1.29, 1.82) is 0 Å². The predicted octanol–water partition coefficient (Wildman–Crippen LogP) is 1.51. The average Bonchev–Trinajstić information content (AvgIpc) is 3.03. The lowest BCUT2D eigenvalue weighted by molar-refractivity contribution is 0.0789. The summed E-state index contributed by atoms with van der Waals surface area (Å²) in [6, 6.07) is 2.03. The Morgan fingerprint density at radius 2 is 2.20 bits per heavy atom. The zero-order valence-electron chi connectivity index (χ0n) is 12.4. The van der Waals surface area contributed by atoms with Gasteiger partial charge in [-0.2, -0.15) is 10.2 Å². The van der Waals surface area contributed by atoms with Crippen LogP contribution in [0.4, 0.5) is 0 Å². The Balaban J connectivity index is 1.94. The van der Waals surface area contributed by atoms with Crippen LogP contribution in [0.25, 0.3) is 0 Å². The van der Waals surface area contributed by atoms with E-state index in [2.05, 4.69) is 10.2 Å². The van der Waals surface area contributed by atoms with Crippen LogP contribution in [0.5, 0.6) is 0 Å². The highest BCUT2D eigenvalue weighted by molar-refractivity contribution is 5.92. The monoisotopic (exact) mass is 275 g/mol. The average molecular weight is 275 g/mol. The van der Waals surface area contributed by atoms with Crippen molar-refractivity contribution in [2.24, 2.45) is 7.05 Å². The lowest BCUT2D eigenvalue weighted by Crippen LogP contribution is -2.29. The molecule has 0 aromatic carbocycles. The fourth-order valence-electron chi connectivity index (χ4n) is 1.93. The van der Waals surface area contributed by atoms with Gasteiger partial charge in [0, 0.05) is 39.1 Å². The van der Waals surface area contributed by atoms with Gasteiger partial charge in [-0.25, -0.2) is 0 Å². The van der Waals surface area contributed by atoms with E-state index in [1.165, 1.54) is 0 Å². The molecule has 0 atom stereocenters. The Morgan fingerprint density at radius 1 is 1.45 bits per heavy atom. The molecule has 0 saturated carbocycles. The van der Waals surface area contributed by atoms with Gasteiger partial charge in [0.2, 0.25) is 0 Å². The highest BCUT2D eigenvalue weighted by Gasteiger charge is 2.15. The molecule has 2 aromatic heterocycles. The lowest BCUT2D eigenvalue weighted by Gasteiger charge is -2.15.